The zero-order valence-electron chi connectivity index (χ0n) is 16.9. The van der Waals surface area contributed by atoms with E-state index >= 15 is 0 Å². The van der Waals surface area contributed by atoms with Gasteiger partial charge in [0, 0.05) is 13.7 Å². The Kier molecular flexibility index (Phi) is 8.41. The summed E-state index contributed by atoms with van der Waals surface area (Å²) in [6, 6.07) is 13.0. The highest BCUT2D eigenvalue weighted by molar-refractivity contribution is 6.01. The minimum Gasteiger partial charge on any atom is -0.493 e. The quantitative estimate of drug-likeness (QED) is 0.223. The molecule has 0 unspecified atom stereocenters. The van der Waals surface area contributed by atoms with Crippen LogP contribution in [0.1, 0.15) is 15.9 Å². The fourth-order valence-corrected chi connectivity index (χ4v) is 2.44. The zero-order chi connectivity index (χ0) is 21.9. The molecule has 30 heavy (non-hydrogen) atoms. The summed E-state index contributed by atoms with van der Waals surface area (Å²) in [7, 11) is 4.51. The summed E-state index contributed by atoms with van der Waals surface area (Å²) in [5, 5.41) is 11.8. The van der Waals surface area contributed by atoms with Crippen LogP contribution in [0, 0.1) is 11.3 Å². The van der Waals surface area contributed by atoms with Crippen LogP contribution in [-0.4, -0.2) is 46.4 Å². The Morgan fingerprint density at radius 1 is 1.03 bits per heavy atom. The van der Waals surface area contributed by atoms with E-state index in [-0.39, 0.29) is 5.57 Å². The molecule has 0 aromatic heterocycles. The van der Waals surface area contributed by atoms with E-state index in [0.717, 1.165) is 0 Å². The fraction of sp³-hybridized carbons (Fsp3) is 0.227. The van der Waals surface area contributed by atoms with Crippen molar-refractivity contribution >= 4 is 18.0 Å². The molecule has 0 saturated carbocycles. The molecule has 0 fully saturated rings. The molecule has 0 spiro atoms. The lowest BCUT2D eigenvalue weighted by atomic mass is 10.1. The predicted molar refractivity (Wildman–Crippen MR) is 109 cm³/mol. The van der Waals surface area contributed by atoms with Crippen molar-refractivity contribution in [2.45, 2.75) is 0 Å². The first kappa shape index (κ1) is 22.5. The SMILES string of the molecule is COCCNC(=O)/C(C#N)=C/c1ccc(OC(=O)c2ccc(OC)c(OC)c2)cc1. The average molecular weight is 410 g/mol. The molecule has 8 heteroatoms. The number of benzene rings is 2. The van der Waals surface area contributed by atoms with Crippen LogP contribution in [0.2, 0.25) is 0 Å². The van der Waals surface area contributed by atoms with Crippen LogP contribution in [0.5, 0.6) is 17.2 Å². The summed E-state index contributed by atoms with van der Waals surface area (Å²) in [6.45, 7) is 0.657. The summed E-state index contributed by atoms with van der Waals surface area (Å²) in [4.78, 5) is 24.3. The molecule has 0 radical (unpaired) electrons. The molecule has 1 N–H and O–H groups in total. The number of esters is 1. The third kappa shape index (κ3) is 6.09. The third-order valence-electron chi connectivity index (χ3n) is 3.98. The summed E-state index contributed by atoms with van der Waals surface area (Å²) >= 11 is 0. The molecule has 0 aliphatic rings. The van der Waals surface area contributed by atoms with Gasteiger partial charge in [-0.05, 0) is 42.0 Å². The van der Waals surface area contributed by atoms with E-state index < -0.39 is 11.9 Å². The van der Waals surface area contributed by atoms with Gasteiger partial charge in [0.2, 0.25) is 0 Å². The Morgan fingerprint density at radius 2 is 1.73 bits per heavy atom. The third-order valence-corrected chi connectivity index (χ3v) is 3.98. The second-order valence-electron chi connectivity index (χ2n) is 5.95. The Hall–Kier alpha value is -3.83. The van der Waals surface area contributed by atoms with E-state index in [1.807, 2.05) is 6.07 Å². The molecule has 2 aromatic rings. The molecule has 2 rings (SSSR count). The number of ether oxygens (including phenoxy) is 4. The first-order valence-corrected chi connectivity index (χ1v) is 8.95. The number of nitrogens with zero attached hydrogens (tertiary/aromatic N) is 1. The monoisotopic (exact) mass is 410 g/mol. The van der Waals surface area contributed by atoms with Gasteiger partial charge in [-0.2, -0.15) is 5.26 Å². The lowest BCUT2D eigenvalue weighted by Crippen LogP contribution is -2.27. The first-order valence-electron chi connectivity index (χ1n) is 8.95. The molecule has 0 aliphatic carbocycles. The van der Waals surface area contributed by atoms with Crippen LogP contribution in [-0.2, 0) is 9.53 Å². The molecule has 1 amide bonds. The van der Waals surface area contributed by atoms with Gasteiger partial charge in [0.05, 0.1) is 26.4 Å². The van der Waals surface area contributed by atoms with Crippen LogP contribution in [0.3, 0.4) is 0 Å². The summed E-state index contributed by atoms with van der Waals surface area (Å²) in [6.07, 6.45) is 1.45. The largest absolute Gasteiger partial charge is 0.493 e. The number of carbonyl (C=O) groups excluding carboxylic acids is 2. The molecule has 0 saturated heterocycles. The van der Waals surface area contributed by atoms with Crippen LogP contribution in [0.25, 0.3) is 6.08 Å². The number of methoxy groups -OCH3 is 3. The smallest absolute Gasteiger partial charge is 0.343 e. The standard InChI is InChI=1S/C22H22N2O6/c1-27-11-10-24-21(25)17(14-23)12-15-4-7-18(8-5-15)30-22(26)16-6-9-19(28-2)20(13-16)29-3/h4-9,12-13H,10-11H2,1-3H3,(H,24,25)/b17-12+. The van der Waals surface area contributed by atoms with Crippen molar-refractivity contribution in [3.63, 3.8) is 0 Å². The number of amides is 1. The van der Waals surface area contributed by atoms with Gasteiger partial charge >= 0.3 is 5.97 Å². The maximum absolute atomic E-state index is 12.4. The van der Waals surface area contributed by atoms with E-state index in [1.165, 1.54) is 33.5 Å². The minimum absolute atomic E-state index is 0.0406. The number of carbonyl (C=O) groups is 2. The number of nitriles is 1. The van der Waals surface area contributed by atoms with Crippen LogP contribution >= 0.6 is 0 Å². The van der Waals surface area contributed by atoms with E-state index in [9.17, 15) is 14.9 Å². The number of rotatable bonds is 9. The van der Waals surface area contributed by atoms with Crippen molar-refractivity contribution in [3.8, 4) is 23.3 Å². The van der Waals surface area contributed by atoms with Crippen LogP contribution in [0.15, 0.2) is 48.0 Å². The second kappa shape index (κ2) is 11.2. The molecule has 0 heterocycles. The van der Waals surface area contributed by atoms with Crippen molar-refractivity contribution in [1.29, 1.82) is 5.26 Å². The Balaban J connectivity index is 2.07. The summed E-state index contributed by atoms with van der Waals surface area (Å²) in [5.74, 6) is 0.188. The first-order chi connectivity index (χ1) is 14.5. The van der Waals surface area contributed by atoms with Gasteiger partial charge in [0.1, 0.15) is 17.4 Å². The molecule has 8 nitrogen and oxygen atoms in total. The van der Waals surface area contributed by atoms with Crippen LogP contribution in [0.4, 0.5) is 0 Å². The van der Waals surface area contributed by atoms with Gasteiger partial charge in [0.15, 0.2) is 11.5 Å². The predicted octanol–water partition coefficient (Wildman–Crippen LogP) is 2.59. The van der Waals surface area contributed by atoms with E-state index in [2.05, 4.69) is 5.32 Å². The summed E-state index contributed by atoms with van der Waals surface area (Å²) in [5.41, 5.74) is 0.872. The van der Waals surface area contributed by atoms with E-state index in [0.29, 0.717) is 41.5 Å². The van der Waals surface area contributed by atoms with Crippen molar-refractivity contribution < 1.29 is 28.5 Å². The Morgan fingerprint density at radius 3 is 2.33 bits per heavy atom. The highest BCUT2D eigenvalue weighted by Gasteiger charge is 2.13. The van der Waals surface area contributed by atoms with Gasteiger partial charge < -0.3 is 24.3 Å². The lowest BCUT2D eigenvalue weighted by molar-refractivity contribution is -0.117. The van der Waals surface area contributed by atoms with Crippen molar-refractivity contribution in [3.05, 3.63) is 59.2 Å². The van der Waals surface area contributed by atoms with Crippen molar-refractivity contribution in [2.24, 2.45) is 0 Å². The molecule has 0 aliphatic heterocycles. The molecular formula is C22H22N2O6. The normalized spacial score (nSPS) is 10.7. The van der Waals surface area contributed by atoms with Crippen molar-refractivity contribution in [2.75, 3.05) is 34.5 Å². The highest BCUT2D eigenvalue weighted by atomic mass is 16.5. The van der Waals surface area contributed by atoms with Gasteiger partial charge in [-0.3, -0.25) is 4.79 Å². The minimum atomic E-state index is -0.561. The summed E-state index contributed by atoms with van der Waals surface area (Å²) < 4.78 is 20.5. The highest BCUT2D eigenvalue weighted by Crippen LogP contribution is 2.28. The van der Waals surface area contributed by atoms with E-state index in [4.69, 9.17) is 18.9 Å². The van der Waals surface area contributed by atoms with Gasteiger partial charge in [-0.15, -0.1) is 0 Å². The Bertz CT molecular complexity index is 961. The molecule has 0 bridgehead atoms. The van der Waals surface area contributed by atoms with E-state index in [1.54, 1.807) is 36.4 Å². The fourth-order valence-electron chi connectivity index (χ4n) is 2.44. The number of hydrogen-bond acceptors (Lipinski definition) is 7. The molecular weight excluding hydrogens is 388 g/mol. The second-order valence-corrected chi connectivity index (χ2v) is 5.95. The number of hydrogen-bond donors (Lipinski definition) is 1. The zero-order valence-corrected chi connectivity index (χ0v) is 16.9. The van der Waals surface area contributed by atoms with Crippen molar-refractivity contribution in [1.82, 2.24) is 5.32 Å². The maximum atomic E-state index is 12.4. The number of nitrogens with one attached hydrogen (secondary N) is 1. The maximum Gasteiger partial charge on any atom is 0.343 e. The van der Waals surface area contributed by atoms with Gasteiger partial charge in [-0.25, -0.2) is 4.79 Å². The Labute approximate surface area is 174 Å². The van der Waals surface area contributed by atoms with Gasteiger partial charge in [0.25, 0.3) is 5.91 Å². The lowest BCUT2D eigenvalue weighted by Gasteiger charge is -2.09. The molecule has 0 atom stereocenters. The topological polar surface area (TPSA) is 107 Å². The van der Waals surface area contributed by atoms with Gasteiger partial charge in [-0.1, -0.05) is 12.1 Å². The molecule has 156 valence electrons. The van der Waals surface area contributed by atoms with Crippen LogP contribution < -0.4 is 19.5 Å². The molecule has 2 aromatic carbocycles. The average Bonchev–Trinajstić information content (AvgIpc) is 2.78.